The van der Waals surface area contributed by atoms with Gasteiger partial charge in [-0.05, 0) is 21.9 Å². The van der Waals surface area contributed by atoms with Crippen LogP contribution in [0.15, 0.2) is 33.7 Å². The molecular weight excluding hydrogens is 250 g/mol. The number of aromatic nitrogens is 5. The lowest BCUT2D eigenvalue weighted by atomic mass is 10.3. The van der Waals surface area contributed by atoms with Crippen molar-refractivity contribution in [3.05, 3.63) is 30.1 Å². The summed E-state index contributed by atoms with van der Waals surface area (Å²) in [6.45, 7) is 0.516. The molecule has 0 bridgehead atoms. The van der Waals surface area contributed by atoms with Crippen LogP contribution in [0, 0.1) is 0 Å². The number of hydrogen-bond donors (Lipinski definition) is 2. The number of nitrogens with zero attached hydrogens (tertiary/aromatic N) is 5. The fourth-order valence-corrected chi connectivity index (χ4v) is 1.42. The van der Waals surface area contributed by atoms with E-state index in [1.807, 2.05) is 12.1 Å². The predicted molar refractivity (Wildman–Crippen MR) is 63.6 cm³/mol. The van der Waals surface area contributed by atoms with Gasteiger partial charge in [0.1, 0.15) is 0 Å². The zero-order valence-electron chi connectivity index (χ0n) is 9.65. The van der Waals surface area contributed by atoms with E-state index < -0.39 is 0 Å². The second-order valence-electron chi connectivity index (χ2n) is 3.64. The van der Waals surface area contributed by atoms with Gasteiger partial charge in [0.2, 0.25) is 5.82 Å². The first-order valence-corrected chi connectivity index (χ1v) is 5.38. The summed E-state index contributed by atoms with van der Waals surface area (Å²) in [5, 5.41) is 13.7. The van der Waals surface area contributed by atoms with Gasteiger partial charge in [-0.1, -0.05) is 11.2 Å². The fourth-order valence-electron chi connectivity index (χ4n) is 1.42. The molecule has 3 aromatic heterocycles. The summed E-state index contributed by atoms with van der Waals surface area (Å²) >= 11 is 0. The van der Waals surface area contributed by atoms with E-state index in [0.717, 1.165) is 5.56 Å². The van der Waals surface area contributed by atoms with Gasteiger partial charge < -0.3 is 15.6 Å². The topological polar surface area (TPSA) is 129 Å². The smallest absolute Gasteiger partial charge is 0.322 e. The lowest BCUT2D eigenvalue weighted by molar-refractivity contribution is 0.310. The van der Waals surface area contributed by atoms with Crippen molar-refractivity contribution in [2.75, 3.05) is 11.1 Å². The SMILES string of the molecule is Nc1nonc1-c1noc(NCc2cccnc2)n1. The molecule has 0 fully saturated rings. The quantitative estimate of drug-likeness (QED) is 0.695. The highest BCUT2D eigenvalue weighted by Gasteiger charge is 2.16. The average molecular weight is 259 g/mol. The Labute approximate surface area is 106 Å². The Balaban J connectivity index is 1.71. The molecule has 3 N–H and O–H groups in total. The minimum Gasteiger partial charge on any atom is -0.379 e. The Kier molecular flexibility index (Phi) is 2.77. The minimum absolute atomic E-state index is 0.111. The second kappa shape index (κ2) is 4.72. The predicted octanol–water partition coefficient (Wildman–Crippen LogP) is 0.709. The molecule has 0 aliphatic rings. The number of rotatable bonds is 4. The Bertz CT molecular complexity index is 663. The zero-order chi connectivity index (χ0) is 13.1. The highest BCUT2D eigenvalue weighted by atomic mass is 16.6. The van der Waals surface area contributed by atoms with Gasteiger partial charge in [0.05, 0.1) is 0 Å². The van der Waals surface area contributed by atoms with Crippen LogP contribution in [0.2, 0.25) is 0 Å². The zero-order valence-corrected chi connectivity index (χ0v) is 9.65. The molecule has 96 valence electrons. The molecule has 0 amide bonds. The lowest BCUT2D eigenvalue weighted by Crippen LogP contribution is -1.99. The van der Waals surface area contributed by atoms with E-state index >= 15 is 0 Å². The molecule has 0 aliphatic heterocycles. The first-order valence-electron chi connectivity index (χ1n) is 5.38. The van der Waals surface area contributed by atoms with E-state index in [9.17, 15) is 0 Å². The fraction of sp³-hybridized carbons (Fsp3) is 0.100. The standard InChI is InChI=1S/C10H9N7O2/c11-8-7(15-19-16-8)9-14-10(18-17-9)13-5-6-2-1-3-12-4-6/h1-4H,5H2,(H2,11,16)(H,13,14,17). The molecule has 0 saturated heterocycles. The Morgan fingerprint density at radius 2 is 2.21 bits per heavy atom. The van der Waals surface area contributed by atoms with Crippen molar-refractivity contribution in [2.24, 2.45) is 0 Å². The number of nitrogens with one attached hydrogen (secondary N) is 1. The number of nitrogen functional groups attached to an aromatic ring is 1. The summed E-state index contributed by atoms with van der Waals surface area (Å²) in [6.07, 6.45) is 3.44. The first-order chi connectivity index (χ1) is 9.33. The largest absolute Gasteiger partial charge is 0.379 e. The molecule has 3 rings (SSSR count). The number of anilines is 2. The van der Waals surface area contributed by atoms with E-state index in [0.29, 0.717) is 6.54 Å². The monoisotopic (exact) mass is 259 g/mol. The van der Waals surface area contributed by atoms with Gasteiger partial charge in [-0.2, -0.15) is 4.98 Å². The summed E-state index contributed by atoms with van der Waals surface area (Å²) in [7, 11) is 0. The van der Waals surface area contributed by atoms with Crippen LogP contribution in [0.3, 0.4) is 0 Å². The van der Waals surface area contributed by atoms with Crippen LogP contribution in [0.5, 0.6) is 0 Å². The summed E-state index contributed by atoms with van der Waals surface area (Å²) in [4.78, 5) is 8.08. The maximum Gasteiger partial charge on any atom is 0.322 e. The van der Waals surface area contributed by atoms with Gasteiger partial charge in [-0.3, -0.25) is 4.98 Å². The summed E-state index contributed by atoms with van der Waals surface area (Å²) in [5.74, 6) is 0.326. The maximum atomic E-state index is 5.53. The van der Waals surface area contributed by atoms with Crippen molar-refractivity contribution in [3.8, 4) is 11.5 Å². The minimum atomic E-state index is 0.111. The maximum absolute atomic E-state index is 5.53. The van der Waals surface area contributed by atoms with Gasteiger partial charge in [-0.25, -0.2) is 4.63 Å². The van der Waals surface area contributed by atoms with Crippen LogP contribution < -0.4 is 11.1 Å². The molecule has 9 nitrogen and oxygen atoms in total. The van der Waals surface area contributed by atoms with Gasteiger partial charge in [-0.15, -0.1) is 0 Å². The molecule has 0 atom stereocenters. The van der Waals surface area contributed by atoms with Gasteiger partial charge >= 0.3 is 6.01 Å². The molecule has 19 heavy (non-hydrogen) atoms. The molecule has 9 heteroatoms. The van der Waals surface area contributed by atoms with Crippen LogP contribution in [0.25, 0.3) is 11.5 Å². The van der Waals surface area contributed by atoms with E-state index in [2.05, 4.69) is 35.4 Å². The summed E-state index contributed by atoms with van der Waals surface area (Å²) in [5.41, 5.74) is 6.77. The number of hydrogen-bond acceptors (Lipinski definition) is 9. The summed E-state index contributed by atoms with van der Waals surface area (Å²) < 4.78 is 9.47. The Morgan fingerprint density at radius 3 is 2.95 bits per heavy atom. The average Bonchev–Trinajstić information content (AvgIpc) is 3.06. The number of nitrogens with two attached hydrogens (primary N) is 1. The van der Waals surface area contributed by atoms with Crippen molar-refractivity contribution >= 4 is 11.8 Å². The first kappa shape index (κ1) is 11.1. The van der Waals surface area contributed by atoms with E-state index in [4.69, 9.17) is 10.3 Å². The van der Waals surface area contributed by atoms with Gasteiger partial charge in [0.15, 0.2) is 11.5 Å². The highest BCUT2D eigenvalue weighted by molar-refractivity contribution is 5.62. The van der Waals surface area contributed by atoms with Crippen molar-refractivity contribution in [2.45, 2.75) is 6.54 Å². The molecule has 0 saturated carbocycles. The van der Waals surface area contributed by atoms with E-state index in [1.165, 1.54) is 0 Å². The molecule has 0 aliphatic carbocycles. The third-order valence-corrected chi connectivity index (χ3v) is 2.32. The van der Waals surface area contributed by atoms with Crippen molar-refractivity contribution in [3.63, 3.8) is 0 Å². The van der Waals surface area contributed by atoms with E-state index in [-0.39, 0.29) is 23.4 Å². The molecule has 0 aromatic carbocycles. The third-order valence-electron chi connectivity index (χ3n) is 2.32. The molecule has 3 heterocycles. The van der Waals surface area contributed by atoms with E-state index in [1.54, 1.807) is 12.4 Å². The van der Waals surface area contributed by atoms with Crippen molar-refractivity contribution in [1.29, 1.82) is 0 Å². The molecule has 0 unspecified atom stereocenters. The molecule has 0 spiro atoms. The molecule has 3 aromatic rings. The van der Waals surface area contributed by atoms with Crippen LogP contribution >= 0.6 is 0 Å². The number of pyridine rings is 1. The van der Waals surface area contributed by atoms with Crippen LogP contribution in [0.4, 0.5) is 11.8 Å². The van der Waals surface area contributed by atoms with Crippen LogP contribution in [-0.2, 0) is 6.54 Å². The van der Waals surface area contributed by atoms with Gasteiger partial charge in [0, 0.05) is 18.9 Å². The normalized spacial score (nSPS) is 10.5. The van der Waals surface area contributed by atoms with Crippen LogP contribution in [-0.4, -0.2) is 25.4 Å². The Hall–Kier alpha value is -2.97. The lowest BCUT2D eigenvalue weighted by Gasteiger charge is -1.99. The molecule has 0 radical (unpaired) electrons. The highest BCUT2D eigenvalue weighted by Crippen LogP contribution is 2.19. The van der Waals surface area contributed by atoms with Crippen molar-refractivity contribution in [1.82, 2.24) is 25.4 Å². The van der Waals surface area contributed by atoms with Gasteiger partial charge in [0.25, 0.3) is 0 Å². The summed E-state index contributed by atoms with van der Waals surface area (Å²) in [6, 6.07) is 4.02. The Morgan fingerprint density at radius 1 is 1.26 bits per heavy atom. The van der Waals surface area contributed by atoms with Crippen molar-refractivity contribution < 1.29 is 9.15 Å². The third kappa shape index (κ3) is 2.34. The molecular formula is C10H9N7O2. The second-order valence-corrected chi connectivity index (χ2v) is 3.64. The van der Waals surface area contributed by atoms with Crippen LogP contribution in [0.1, 0.15) is 5.56 Å².